The van der Waals surface area contributed by atoms with E-state index in [-0.39, 0.29) is 11.7 Å². The molecule has 1 amide bonds. The predicted octanol–water partition coefficient (Wildman–Crippen LogP) is 1.43. The minimum Gasteiger partial charge on any atom is -0.348 e. The molecule has 0 spiro atoms. The van der Waals surface area contributed by atoms with E-state index < -0.39 is 11.5 Å². The van der Waals surface area contributed by atoms with Crippen molar-refractivity contribution in [3.8, 4) is 0 Å². The number of ketones is 1. The molecule has 6 nitrogen and oxygen atoms in total. The second-order valence-electron chi connectivity index (χ2n) is 6.72. The lowest BCUT2D eigenvalue weighted by atomic mass is 9.70. The lowest BCUT2D eigenvalue weighted by Crippen LogP contribution is -2.52. The van der Waals surface area contributed by atoms with Crippen molar-refractivity contribution in [2.75, 3.05) is 13.1 Å². The van der Waals surface area contributed by atoms with Crippen LogP contribution in [0.3, 0.4) is 0 Å². The Labute approximate surface area is 147 Å². The van der Waals surface area contributed by atoms with Crippen molar-refractivity contribution in [2.45, 2.75) is 37.6 Å². The second kappa shape index (κ2) is 7.19. The van der Waals surface area contributed by atoms with Gasteiger partial charge < -0.3 is 15.6 Å². The highest BCUT2D eigenvalue weighted by Gasteiger charge is 2.41. The van der Waals surface area contributed by atoms with E-state index in [1.54, 1.807) is 24.3 Å². The van der Waals surface area contributed by atoms with Gasteiger partial charge in [0.1, 0.15) is 5.78 Å². The molecule has 0 radical (unpaired) electrons. The molecule has 132 valence electrons. The summed E-state index contributed by atoms with van der Waals surface area (Å²) in [5.41, 5.74) is 7.46. The molecule has 0 bridgehead atoms. The fraction of sp³-hybridized carbons (Fsp3) is 0.421. The first-order chi connectivity index (χ1) is 12.0. The van der Waals surface area contributed by atoms with Crippen molar-refractivity contribution in [1.29, 1.82) is 0 Å². The van der Waals surface area contributed by atoms with Gasteiger partial charge in [-0.15, -0.1) is 0 Å². The average Bonchev–Trinajstić information content (AvgIpc) is 3.14. The third kappa shape index (κ3) is 3.49. The second-order valence-corrected chi connectivity index (χ2v) is 6.72. The number of likely N-dealkylation sites (tertiary alicyclic amines) is 1. The zero-order valence-corrected chi connectivity index (χ0v) is 14.4. The fourth-order valence-electron chi connectivity index (χ4n) is 3.67. The molecular formula is C19H24N4O2. The molecule has 1 aliphatic heterocycles. The molecule has 0 aliphatic carbocycles. The van der Waals surface area contributed by atoms with Crippen molar-refractivity contribution >= 4 is 11.7 Å². The Bertz CT molecular complexity index is 719. The van der Waals surface area contributed by atoms with Gasteiger partial charge in [-0.25, -0.2) is 4.98 Å². The van der Waals surface area contributed by atoms with E-state index in [9.17, 15) is 9.59 Å². The van der Waals surface area contributed by atoms with Gasteiger partial charge in [-0.05, 0) is 25.3 Å². The number of Topliss-reactive ketones (excluding diaryl/α,β-unsaturated/α-hetero) is 1. The number of benzene rings is 1. The minimum absolute atomic E-state index is 0.0696. The van der Waals surface area contributed by atoms with Gasteiger partial charge in [0.2, 0.25) is 5.91 Å². The highest BCUT2D eigenvalue weighted by molar-refractivity contribution is 5.89. The largest absolute Gasteiger partial charge is 0.348 e. The number of aromatic nitrogens is 2. The predicted molar refractivity (Wildman–Crippen MR) is 94.9 cm³/mol. The van der Waals surface area contributed by atoms with Crippen LogP contribution in [0.15, 0.2) is 42.9 Å². The summed E-state index contributed by atoms with van der Waals surface area (Å²) in [6, 6.07) is 9.27. The molecule has 3 N–H and O–H groups in total. The first-order valence-electron chi connectivity index (χ1n) is 8.61. The molecule has 2 aromatic rings. The van der Waals surface area contributed by atoms with Gasteiger partial charge in [-0.3, -0.25) is 9.59 Å². The zero-order chi connectivity index (χ0) is 17.9. The van der Waals surface area contributed by atoms with Crippen LogP contribution in [-0.2, 0) is 21.4 Å². The summed E-state index contributed by atoms with van der Waals surface area (Å²) in [5, 5.41) is 0. The standard InChI is InChI=1S/C19H24N4O2/c1-14(24)19(15-5-3-2-4-6-15)7-9-23(10-8-19)18(25)17(20)11-16-12-21-13-22-16/h2-6,12-13,17H,7-11,20H2,1H3,(H,21,22)/t17-/m0/s1. The summed E-state index contributed by atoms with van der Waals surface area (Å²) in [5.74, 6) is 0.0902. The van der Waals surface area contributed by atoms with E-state index in [1.165, 1.54) is 0 Å². The maximum Gasteiger partial charge on any atom is 0.239 e. The van der Waals surface area contributed by atoms with Gasteiger partial charge >= 0.3 is 0 Å². The van der Waals surface area contributed by atoms with Gasteiger partial charge in [-0.1, -0.05) is 30.3 Å². The smallest absolute Gasteiger partial charge is 0.239 e. The number of H-pyrrole nitrogens is 1. The highest BCUT2D eigenvalue weighted by atomic mass is 16.2. The van der Waals surface area contributed by atoms with Gasteiger partial charge in [0, 0.05) is 31.4 Å². The van der Waals surface area contributed by atoms with Crippen LogP contribution in [0.5, 0.6) is 0 Å². The Morgan fingerprint density at radius 3 is 2.52 bits per heavy atom. The van der Waals surface area contributed by atoms with Crippen LogP contribution in [-0.4, -0.2) is 45.7 Å². The van der Waals surface area contributed by atoms with Crippen LogP contribution in [0.2, 0.25) is 0 Å². The lowest BCUT2D eigenvalue weighted by molar-refractivity contribution is -0.136. The average molecular weight is 340 g/mol. The van der Waals surface area contributed by atoms with E-state index in [1.807, 2.05) is 30.3 Å². The summed E-state index contributed by atoms with van der Waals surface area (Å²) >= 11 is 0. The Hall–Kier alpha value is -2.47. The van der Waals surface area contributed by atoms with Crippen molar-refractivity contribution in [1.82, 2.24) is 14.9 Å². The van der Waals surface area contributed by atoms with Crippen LogP contribution in [0.1, 0.15) is 31.0 Å². The number of rotatable bonds is 5. The molecular weight excluding hydrogens is 316 g/mol. The van der Waals surface area contributed by atoms with Crippen molar-refractivity contribution in [2.24, 2.45) is 5.73 Å². The quantitative estimate of drug-likeness (QED) is 0.861. The molecule has 6 heteroatoms. The third-order valence-electron chi connectivity index (χ3n) is 5.24. The summed E-state index contributed by atoms with van der Waals surface area (Å²) in [4.78, 5) is 33.7. The number of aromatic amines is 1. The molecule has 1 aromatic carbocycles. The molecule has 25 heavy (non-hydrogen) atoms. The Balaban J connectivity index is 1.67. The maximum atomic E-state index is 12.6. The molecule has 0 saturated carbocycles. The van der Waals surface area contributed by atoms with Crippen molar-refractivity contribution in [3.05, 3.63) is 54.1 Å². The summed E-state index contributed by atoms with van der Waals surface area (Å²) in [6.45, 7) is 2.74. The van der Waals surface area contributed by atoms with Crippen molar-refractivity contribution < 1.29 is 9.59 Å². The van der Waals surface area contributed by atoms with E-state index in [2.05, 4.69) is 9.97 Å². The number of amides is 1. The van der Waals surface area contributed by atoms with E-state index in [0.717, 1.165) is 11.3 Å². The number of piperidine rings is 1. The lowest BCUT2D eigenvalue weighted by Gasteiger charge is -2.41. The maximum absolute atomic E-state index is 12.6. The number of nitrogens with two attached hydrogens (primary N) is 1. The number of nitrogens with one attached hydrogen (secondary N) is 1. The molecule has 1 saturated heterocycles. The Morgan fingerprint density at radius 1 is 1.28 bits per heavy atom. The van der Waals surface area contributed by atoms with E-state index in [4.69, 9.17) is 5.73 Å². The van der Waals surface area contributed by atoms with Crippen LogP contribution < -0.4 is 5.73 Å². The zero-order valence-electron chi connectivity index (χ0n) is 14.4. The minimum atomic E-state index is -0.595. The van der Waals surface area contributed by atoms with E-state index >= 15 is 0 Å². The molecule has 3 rings (SSSR count). The molecule has 0 unspecified atom stereocenters. The van der Waals surface area contributed by atoms with Crippen LogP contribution in [0.25, 0.3) is 0 Å². The molecule has 1 aliphatic rings. The third-order valence-corrected chi connectivity index (χ3v) is 5.24. The molecule has 2 heterocycles. The highest BCUT2D eigenvalue weighted by Crippen LogP contribution is 2.36. The Kier molecular flexibility index (Phi) is 4.99. The van der Waals surface area contributed by atoms with Gasteiger partial charge in [0.25, 0.3) is 0 Å². The summed E-state index contributed by atoms with van der Waals surface area (Å²) < 4.78 is 0. The number of nitrogens with zero attached hydrogens (tertiary/aromatic N) is 2. The van der Waals surface area contributed by atoms with Gasteiger partial charge in [-0.2, -0.15) is 0 Å². The topological polar surface area (TPSA) is 92.1 Å². The summed E-state index contributed by atoms with van der Waals surface area (Å²) in [6.07, 6.45) is 4.96. The number of imidazole rings is 1. The number of carbonyl (C=O) groups is 2. The SMILES string of the molecule is CC(=O)C1(c2ccccc2)CCN(C(=O)[C@@H](N)Cc2cnc[nH]2)CC1. The first kappa shape index (κ1) is 17.4. The number of hydrogen-bond donors (Lipinski definition) is 2. The molecule has 1 fully saturated rings. The number of carbonyl (C=O) groups excluding carboxylic acids is 2. The van der Waals surface area contributed by atoms with Crippen LogP contribution >= 0.6 is 0 Å². The molecule has 1 atom stereocenters. The Morgan fingerprint density at radius 2 is 1.96 bits per heavy atom. The first-order valence-corrected chi connectivity index (χ1v) is 8.61. The van der Waals surface area contributed by atoms with Gasteiger partial charge in [0.15, 0.2) is 0 Å². The summed E-state index contributed by atoms with van der Waals surface area (Å²) in [7, 11) is 0. The molecule has 1 aromatic heterocycles. The van der Waals surface area contributed by atoms with Crippen molar-refractivity contribution in [3.63, 3.8) is 0 Å². The van der Waals surface area contributed by atoms with E-state index in [0.29, 0.717) is 32.4 Å². The fourth-order valence-corrected chi connectivity index (χ4v) is 3.67. The monoisotopic (exact) mass is 340 g/mol. The number of hydrogen-bond acceptors (Lipinski definition) is 4. The van der Waals surface area contributed by atoms with Crippen LogP contribution in [0, 0.1) is 0 Å². The van der Waals surface area contributed by atoms with Gasteiger partial charge in [0.05, 0.1) is 17.8 Å². The normalized spacial score (nSPS) is 17.9. The van der Waals surface area contributed by atoms with Crippen LogP contribution in [0.4, 0.5) is 0 Å².